The number of aliphatic carboxylic acids is 1. The molecule has 0 unspecified atom stereocenters. The van der Waals surface area contributed by atoms with E-state index in [9.17, 15) is 27.7 Å². The van der Waals surface area contributed by atoms with Gasteiger partial charge in [-0.15, -0.1) is 0 Å². The third-order valence-electron chi connectivity index (χ3n) is 3.25. The summed E-state index contributed by atoms with van der Waals surface area (Å²) in [6.07, 6.45) is 0.214. The number of hydrogen-bond donors (Lipinski definition) is 2. The molecular formula is C14H19FN2O6S. The van der Waals surface area contributed by atoms with E-state index in [0.29, 0.717) is 6.42 Å². The Labute approximate surface area is 138 Å². The minimum atomic E-state index is -4.35. The van der Waals surface area contributed by atoms with Crippen molar-refractivity contribution in [3.8, 4) is 0 Å². The first-order valence-electron chi connectivity index (χ1n) is 7.19. The van der Waals surface area contributed by atoms with Crippen molar-refractivity contribution in [1.82, 2.24) is 4.72 Å². The van der Waals surface area contributed by atoms with E-state index in [0.717, 1.165) is 18.2 Å². The number of benzene rings is 1. The van der Waals surface area contributed by atoms with Crippen LogP contribution >= 0.6 is 0 Å². The van der Waals surface area contributed by atoms with Gasteiger partial charge < -0.3 is 5.11 Å². The smallest absolute Gasteiger partial charge is 0.324 e. The van der Waals surface area contributed by atoms with Crippen LogP contribution in [0.25, 0.3) is 0 Å². The summed E-state index contributed by atoms with van der Waals surface area (Å²) in [5.74, 6) is -2.67. The van der Waals surface area contributed by atoms with Crippen molar-refractivity contribution >= 4 is 21.7 Å². The first-order valence-corrected chi connectivity index (χ1v) is 8.67. The maximum absolute atomic E-state index is 13.6. The minimum Gasteiger partial charge on any atom is -0.481 e. The highest BCUT2D eigenvalue weighted by atomic mass is 32.2. The third kappa shape index (κ3) is 5.53. The van der Waals surface area contributed by atoms with Gasteiger partial charge in [0, 0.05) is 13.0 Å². The molecule has 1 aromatic rings. The number of nitrogens with zero attached hydrogens (tertiary/aromatic N) is 1. The number of carboxylic acids is 1. The van der Waals surface area contributed by atoms with Gasteiger partial charge in [0.25, 0.3) is 0 Å². The van der Waals surface area contributed by atoms with Gasteiger partial charge >= 0.3 is 11.7 Å². The summed E-state index contributed by atoms with van der Waals surface area (Å²) in [5, 5.41) is 19.8. The Bertz CT molecular complexity index is 720. The summed E-state index contributed by atoms with van der Waals surface area (Å²) < 4.78 is 40.2. The fourth-order valence-electron chi connectivity index (χ4n) is 2.35. The van der Waals surface area contributed by atoms with Gasteiger partial charge in [-0.05, 0) is 30.4 Å². The Balaban J connectivity index is 3.03. The van der Waals surface area contributed by atoms with Crippen molar-refractivity contribution in [3.05, 3.63) is 34.1 Å². The number of nitro benzene ring substituents is 1. The van der Waals surface area contributed by atoms with Crippen molar-refractivity contribution in [2.45, 2.75) is 31.6 Å². The lowest BCUT2D eigenvalue weighted by Gasteiger charge is -2.17. The van der Waals surface area contributed by atoms with Crippen LogP contribution < -0.4 is 4.72 Å². The van der Waals surface area contributed by atoms with Crippen LogP contribution in [0, 0.1) is 27.8 Å². The second-order valence-corrected chi connectivity index (χ2v) is 7.52. The molecule has 0 aromatic heterocycles. The summed E-state index contributed by atoms with van der Waals surface area (Å²) in [6.45, 7) is 3.52. The molecule has 0 amide bonds. The second kappa shape index (κ2) is 8.15. The number of nitrogens with one attached hydrogen (secondary N) is 1. The maximum atomic E-state index is 13.6. The van der Waals surface area contributed by atoms with Crippen LogP contribution in [0.2, 0.25) is 0 Å². The van der Waals surface area contributed by atoms with Gasteiger partial charge in [-0.3, -0.25) is 14.9 Å². The number of hydrogen-bond acceptors (Lipinski definition) is 5. The Hall–Kier alpha value is -2.07. The van der Waals surface area contributed by atoms with E-state index in [1.807, 2.05) is 13.8 Å². The third-order valence-corrected chi connectivity index (χ3v) is 4.71. The van der Waals surface area contributed by atoms with Crippen molar-refractivity contribution in [2.75, 3.05) is 6.54 Å². The summed E-state index contributed by atoms with van der Waals surface area (Å²) >= 11 is 0. The summed E-state index contributed by atoms with van der Waals surface area (Å²) in [5.41, 5.74) is -1.14. The van der Waals surface area contributed by atoms with Gasteiger partial charge in [-0.1, -0.05) is 19.9 Å². The lowest BCUT2D eigenvalue weighted by Crippen LogP contribution is -2.31. The lowest BCUT2D eigenvalue weighted by atomic mass is 9.94. The highest BCUT2D eigenvalue weighted by Crippen LogP contribution is 2.26. The number of para-hydroxylation sites is 1. The normalized spacial score (nSPS) is 13.0. The molecule has 24 heavy (non-hydrogen) atoms. The number of carboxylic acid groups (broad SMARTS) is 1. The number of nitro groups is 1. The van der Waals surface area contributed by atoms with Crippen molar-refractivity contribution in [1.29, 1.82) is 0 Å². The van der Waals surface area contributed by atoms with Crippen LogP contribution in [0.5, 0.6) is 0 Å². The number of carbonyl (C=O) groups is 1. The Kier molecular flexibility index (Phi) is 6.79. The highest BCUT2D eigenvalue weighted by molar-refractivity contribution is 7.89. The fraction of sp³-hybridized carbons (Fsp3) is 0.500. The van der Waals surface area contributed by atoms with Gasteiger partial charge in [0.1, 0.15) is 0 Å². The molecule has 8 nitrogen and oxygen atoms in total. The first kappa shape index (κ1) is 20.0. The minimum absolute atomic E-state index is 0.141. The molecule has 2 N–H and O–H groups in total. The molecule has 0 spiro atoms. The van der Waals surface area contributed by atoms with Gasteiger partial charge in [0.05, 0.1) is 4.92 Å². The summed E-state index contributed by atoms with van der Waals surface area (Å²) in [6, 6.07) is 2.78. The second-order valence-electron chi connectivity index (χ2n) is 5.79. The first-order chi connectivity index (χ1) is 11.0. The topological polar surface area (TPSA) is 127 Å². The molecule has 0 aliphatic rings. The predicted octanol–water partition coefficient (Wildman–Crippen LogP) is 2.15. The molecule has 1 aromatic carbocycles. The molecule has 0 saturated heterocycles. The number of sulfonamides is 1. The molecular weight excluding hydrogens is 343 g/mol. The van der Waals surface area contributed by atoms with E-state index in [2.05, 4.69) is 4.72 Å². The molecule has 0 aliphatic heterocycles. The summed E-state index contributed by atoms with van der Waals surface area (Å²) in [7, 11) is -4.35. The molecule has 0 bridgehead atoms. The molecule has 134 valence electrons. The lowest BCUT2D eigenvalue weighted by molar-refractivity contribution is -0.390. The van der Waals surface area contributed by atoms with Crippen LogP contribution in [0.3, 0.4) is 0 Å². The van der Waals surface area contributed by atoms with E-state index in [-0.39, 0.29) is 18.9 Å². The van der Waals surface area contributed by atoms with Crippen LogP contribution in [0.4, 0.5) is 10.1 Å². The van der Waals surface area contributed by atoms with E-state index >= 15 is 0 Å². The van der Waals surface area contributed by atoms with Gasteiger partial charge in [-0.2, -0.15) is 4.39 Å². The zero-order valence-electron chi connectivity index (χ0n) is 13.2. The van der Waals surface area contributed by atoms with E-state index in [1.165, 1.54) is 0 Å². The van der Waals surface area contributed by atoms with Crippen LogP contribution in [0.15, 0.2) is 23.1 Å². The summed E-state index contributed by atoms with van der Waals surface area (Å²) in [4.78, 5) is 19.9. The van der Waals surface area contributed by atoms with Gasteiger partial charge in [0.2, 0.25) is 15.8 Å². The van der Waals surface area contributed by atoms with Crippen molar-refractivity contribution in [3.63, 3.8) is 0 Å². The molecule has 1 rings (SSSR count). The van der Waals surface area contributed by atoms with E-state index in [1.54, 1.807) is 0 Å². The molecule has 0 saturated carbocycles. The Morgan fingerprint density at radius 1 is 1.42 bits per heavy atom. The van der Waals surface area contributed by atoms with Crippen LogP contribution in [0.1, 0.15) is 26.7 Å². The average Bonchev–Trinajstić information content (AvgIpc) is 2.43. The average molecular weight is 362 g/mol. The standard InChI is InChI=1S/C14H19FN2O6S/c1-9(2)6-10(7-13(18)19)8-16-24(22,23)12-5-3-4-11(15)14(12)17(20)21/h3-5,9-10,16H,6-8H2,1-2H3,(H,18,19)/t10-/m0/s1. The van der Waals surface area contributed by atoms with Crippen LogP contribution in [-0.2, 0) is 14.8 Å². The van der Waals surface area contributed by atoms with Crippen LogP contribution in [-0.4, -0.2) is 31.0 Å². The predicted molar refractivity (Wildman–Crippen MR) is 83.4 cm³/mol. The van der Waals surface area contributed by atoms with Gasteiger partial charge in [-0.25, -0.2) is 13.1 Å². The molecule has 0 heterocycles. The largest absolute Gasteiger partial charge is 0.481 e. The molecule has 0 aliphatic carbocycles. The SMILES string of the molecule is CC(C)C[C@H](CNS(=O)(=O)c1cccc(F)c1[N+](=O)[O-])CC(=O)O. The number of halogens is 1. The molecule has 1 atom stereocenters. The molecule has 0 fully saturated rings. The monoisotopic (exact) mass is 362 g/mol. The van der Waals surface area contributed by atoms with E-state index < -0.39 is 43.2 Å². The molecule has 10 heteroatoms. The fourth-order valence-corrected chi connectivity index (χ4v) is 3.64. The van der Waals surface area contributed by atoms with Crippen molar-refractivity contribution < 1.29 is 27.6 Å². The quantitative estimate of drug-likeness (QED) is 0.512. The Morgan fingerprint density at radius 3 is 2.54 bits per heavy atom. The Morgan fingerprint density at radius 2 is 2.04 bits per heavy atom. The zero-order valence-corrected chi connectivity index (χ0v) is 14.0. The molecule has 0 radical (unpaired) electrons. The highest BCUT2D eigenvalue weighted by Gasteiger charge is 2.30. The van der Waals surface area contributed by atoms with Gasteiger partial charge in [0.15, 0.2) is 4.90 Å². The number of rotatable bonds is 9. The maximum Gasteiger partial charge on any atom is 0.324 e. The van der Waals surface area contributed by atoms with Crippen molar-refractivity contribution in [2.24, 2.45) is 11.8 Å². The zero-order chi connectivity index (χ0) is 18.5. The van der Waals surface area contributed by atoms with E-state index in [4.69, 9.17) is 5.11 Å².